The van der Waals surface area contributed by atoms with Gasteiger partial charge in [-0.2, -0.15) is 0 Å². The molecule has 1 saturated heterocycles. The normalized spacial score (nSPS) is 15.0. The molecule has 1 aliphatic rings. The molecule has 1 aromatic carbocycles. The van der Waals surface area contributed by atoms with E-state index in [1.54, 1.807) is 12.5 Å². The Morgan fingerprint density at radius 1 is 1.33 bits per heavy atom. The van der Waals surface area contributed by atoms with E-state index in [-0.39, 0.29) is 6.03 Å². The van der Waals surface area contributed by atoms with Crippen LogP contribution in [0.1, 0.15) is 5.56 Å². The molecular weight excluding hydrogens is 266 g/mol. The topological polar surface area (TPSA) is 62.2 Å². The summed E-state index contributed by atoms with van der Waals surface area (Å²) in [6.07, 6.45) is 5.47. The van der Waals surface area contributed by atoms with Gasteiger partial charge in [-0.1, -0.05) is 12.1 Å². The fourth-order valence-electron chi connectivity index (χ4n) is 2.41. The van der Waals surface area contributed by atoms with E-state index in [1.807, 2.05) is 39.9 Å². The van der Waals surface area contributed by atoms with Gasteiger partial charge in [-0.05, 0) is 17.7 Å². The Morgan fingerprint density at radius 2 is 2.19 bits per heavy atom. The van der Waals surface area contributed by atoms with Crippen LogP contribution in [-0.2, 0) is 6.54 Å². The second-order valence-electron chi connectivity index (χ2n) is 5.10. The molecule has 0 spiro atoms. The van der Waals surface area contributed by atoms with Crippen LogP contribution < -0.4 is 10.6 Å². The van der Waals surface area contributed by atoms with Crippen LogP contribution in [0, 0.1) is 0 Å². The number of carbonyl (C=O) groups is 1. The molecule has 1 fully saturated rings. The van der Waals surface area contributed by atoms with Crippen molar-refractivity contribution in [3.8, 4) is 0 Å². The average Bonchev–Trinajstić information content (AvgIpc) is 3.01. The first-order valence-electron chi connectivity index (χ1n) is 7.12. The second kappa shape index (κ2) is 6.41. The number of nitrogens with one attached hydrogen (secondary N) is 2. The fraction of sp³-hybridized carbons (Fsp3) is 0.333. The van der Waals surface area contributed by atoms with E-state index in [0.29, 0.717) is 0 Å². The van der Waals surface area contributed by atoms with E-state index >= 15 is 0 Å². The highest BCUT2D eigenvalue weighted by Gasteiger charge is 2.15. The molecule has 2 N–H and O–H groups in total. The molecule has 1 aromatic heterocycles. The van der Waals surface area contributed by atoms with E-state index in [4.69, 9.17) is 0 Å². The summed E-state index contributed by atoms with van der Waals surface area (Å²) in [5, 5.41) is 6.20. The highest BCUT2D eigenvalue weighted by molar-refractivity contribution is 5.89. The van der Waals surface area contributed by atoms with Gasteiger partial charge in [0.15, 0.2) is 0 Å². The third kappa shape index (κ3) is 3.61. The summed E-state index contributed by atoms with van der Waals surface area (Å²) >= 11 is 0. The number of hydrogen-bond donors (Lipinski definition) is 2. The third-order valence-electron chi connectivity index (χ3n) is 3.51. The van der Waals surface area contributed by atoms with Gasteiger partial charge >= 0.3 is 6.03 Å². The van der Waals surface area contributed by atoms with Crippen LogP contribution in [0.2, 0.25) is 0 Å². The Labute approximate surface area is 123 Å². The fourth-order valence-corrected chi connectivity index (χ4v) is 2.41. The van der Waals surface area contributed by atoms with Crippen molar-refractivity contribution < 1.29 is 4.79 Å². The maximum atomic E-state index is 12.2. The lowest BCUT2D eigenvalue weighted by Crippen LogP contribution is -2.48. The van der Waals surface area contributed by atoms with Crippen LogP contribution in [-0.4, -0.2) is 46.7 Å². The van der Waals surface area contributed by atoms with E-state index < -0.39 is 0 Å². The standard InChI is InChI=1S/C15H19N5O/c21-15(20-8-5-16-6-9-20)18-14-3-1-2-13(10-14)11-19-7-4-17-12-19/h1-4,7,10,12,16H,5-6,8-9,11H2,(H,18,21). The maximum absolute atomic E-state index is 12.2. The number of rotatable bonds is 3. The summed E-state index contributed by atoms with van der Waals surface area (Å²) in [7, 11) is 0. The Balaban J connectivity index is 1.63. The quantitative estimate of drug-likeness (QED) is 0.895. The third-order valence-corrected chi connectivity index (χ3v) is 3.51. The number of imidazole rings is 1. The van der Waals surface area contributed by atoms with E-state index in [9.17, 15) is 4.79 Å². The minimum Gasteiger partial charge on any atom is -0.333 e. The van der Waals surface area contributed by atoms with Gasteiger partial charge < -0.3 is 20.1 Å². The second-order valence-corrected chi connectivity index (χ2v) is 5.10. The minimum atomic E-state index is -0.0312. The molecule has 2 heterocycles. The lowest BCUT2D eigenvalue weighted by molar-refractivity contribution is 0.204. The predicted octanol–water partition coefficient (Wildman–Crippen LogP) is 1.37. The Morgan fingerprint density at radius 3 is 2.95 bits per heavy atom. The van der Waals surface area contributed by atoms with Crippen LogP contribution >= 0.6 is 0 Å². The molecule has 1 aliphatic heterocycles. The van der Waals surface area contributed by atoms with Crippen molar-refractivity contribution in [1.82, 2.24) is 19.8 Å². The summed E-state index contributed by atoms with van der Waals surface area (Å²) in [4.78, 5) is 18.0. The van der Waals surface area contributed by atoms with E-state index in [0.717, 1.165) is 44.0 Å². The highest BCUT2D eigenvalue weighted by Crippen LogP contribution is 2.13. The smallest absolute Gasteiger partial charge is 0.321 e. The number of aromatic nitrogens is 2. The van der Waals surface area contributed by atoms with Gasteiger partial charge in [0.1, 0.15) is 0 Å². The highest BCUT2D eigenvalue weighted by atomic mass is 16.2. The lowest BCUT2D eigenvalue weighted by Gasteiger charge is -2.27. The molecule has 2 aromatic rings. The molecule has 110 valence electrons. The molecule has 2 amide bonds. The summed E-state index contributed by atoms with van der Waals surface area (Å²) in [6.45, 7) is 3.96. The van der Waals surface area contributed by atoms with Gasteiger partial charge in [-0.15, -0.1) is 0 Å². The first-order valence-corrected chi connectivity index (χ1v) is 7.12. The molecule has 6 heteroatoms. The van der Waals surface area contributed by atoms with Gasteiger partial charge in [-0.3, -0.25) is 0 Å². The summed E-state index contributed by atoms with van der Waals surface area (Å²) in [5.41, 5.74) is 1.96. The number of carbonyl (C=O) groups excluding carboxylic acids is 1. The van der Waals surface area contributed by atoms with Crippen molar-refractivity contribution in [3.05, 3.63) is 48.5 Å². The first kappa shape index (κ1) is 13.6. The van der Waals surface area contributed by atoms with Gasteiger partial charge in [0.2, 0.25) is 0 Å². The molecule has 0 saturated carbocycles. The molecular formula is C15H19N5O. The van der Waals surface area contributed by atoms with Gasteiger partial charge in [-0.25, -0.2) is 9.78 Å². The van der Waals surface area contributed by atoms with E-state index in [1.165, 1.54) is 0 Å². The number of anilines is 1. The Bertz CT molecular complexity index is 590. The number of urea groups is 1. The van der Waals surface area contributed by atoms with E-state index in [2.05, 4.69) is 15.6 Å². The van der Waals surface area contributed by atoms with Crippen molar-refractivity contribution in [2.45, 2.75) is 6.54 Å². The van der Waals surface area contributed by atoms with Gasteiger partial charge in [0.05, 0.1) is 6.33 Å². The Hall–Kier alpha value is -2.34. The van der Waals surface area contributed by atoms with Gasteiger partial charge in [0, 0.05) is 50.8 Å². The molecule has 0 atom stereocenters. The molecule has 0 unspecified atom stereocenters. The van der Waals surface area contributed by atoms with Crippen LogP contribution in [0.5, 0.6) is 0 Å². The molecule has 0 radical (unpaired) electrons. The lowest BCUT2D eigenvalue weighted by atomic mass is 10.2. The van der Waals surface area contributed by atoms with Crippen molar-refractivity contribution in [1.29, 1.82) is 0 Å². The summed E-state index contributed by atoms with van der Waals surface area (Å²) in [5.74, 6) is 0. The number of benzene rings is 1. The zero-order valence-corrected chi connectivity index (χ0v) is 11.8. The molecule has 3 rings (SSSR count). The molecule has 21 heavy (non-hydrogen) atoms. The number of amides is 2. The summed E-state index contributed by atoms with van der Waals surface area (Å²) in [6, 6.07) is 7.88. The molecule has 6 nitrogen and oxygen atoms in total. The monoisotopic (exact) mass is 285 g/mol. The van der Waals surface area contributed by atoms with Gasteiger partial charge in [0.25, 0.3) is 0 Å². The Kier molecular flexibility index (Phi) is 4.16. The zero-order valence-electron chi connectivity index (χ0n) is 11.8. The van der Waals surface area contributed by atoms with Crippen LogP contribution in [0.4, 0.5) is 10.5 Å². The average molecular weight is 285 g/mol. The van der Waals surface area contributed by atoms with Crippen LogP contribution in [0.3, 0.4) is 0 Å². The molecule has 0 bridgehead atoms. The van der Waals surface area contributed by atoms with Crippen molar-refractivity contribution in [2.75, 3.05) is 31.5 Å². The number of hydrogen-bond acceptors (Lipinski definition) is 3. The van der Waals surface area contributed by atoms with Crippen molar-refractivity contribution in [3.63, 3.8) is 0 Å². The minimum absolute atomic E-state index is 0.0312. The number of piperazine rings is 1. The number of nitrogens with zero attached hydrogens (tertiary/aromatic N) is 3. The van der Waals surface area contributed by atoms with Crippen LogP contribution in [0.25, 0.3) is 0 Å². The van der Waals surface area contributed by atoms with Crippen molar-refractivity contribution >= 4 is 11.7 Å². The predicted molar refractivity (Wildman–Crippen MR) is 81.2 cm³/mol. The zero-order chi connectivity index (χ0) is 14.5. The molecule has 0 aliphatic carbocycles. The largest absolute Gasteiger partial charge is 0.333 e. The first-order chi connectivity index (χ1) is 10.3. The summed E-state index contributed by atoms with van der Waals surface area (Å²) < 4.78 is 2.00. The maximum Gasteiger partial charge on any atom is 0.321 e. The SMILES string of the molecule is O=C(Nc1cccc(Cn2ccnc2)c1)N1CCNCC1. The van der Waals surface area contributed by atoms with Crippen LogP contribution in [0.15, 0.2) is 43.0 Å². The van der Waals surface area contributed by atoms with Crippen molar-refractivity contribution in [2.24, 2.45) is 0 Å².